The predicted octanol–water partition coefficient (Wildman–Crippen LogP) is 4.04. The summed E-state index contributed by atoms with van der Waals surface area (Å²) in [6.45, 7) is -1.82. The van der Waals surface area contributed by atoms with E-state index in [-0.39, 0.29) is 6.67 Å². The second-order valence-electron chi connectivity index (χ2n) is 4.97. The van der Waals surface area contributed by atoms with E-state index in [1.54, 1.807) is 11.1 Å². The predicted molar refractivity (Wildman–Crippen MR) is 81.5 cm³/mol. The number of benzene rings is 2. The van der Waals surface area contributed by atoms with E-state index in [1.165, 1.54) is 6.20 Å². The van der Waals surface area contributed by atoms with Crippen LogP contribution in [-0.4, -0.2) is 18.1 Å². The summed E-state index contributed by atoms with van der Waals surface area (Å²) in [6.07, 6.45) is 3.04. The standard InChI is InChI=1S/C17H16F2N2O/c18-17(19)21-11-10-20(13-21)15-6-8-16(9-7-15)22-12-14-4-2-1-3-5-14/h1-11,17H,12-13H2. The molecule has 114 valence electrons. The van der Waals surface area contributed by atoms with Gasteiger partial charge in [-0.15, -0.1) is 0 Å². The number of anilines is 1. The largest absolute Gasteiger partial charge is 0.489 e. The number of nitrogens with zero attached hydrogens (tertiary/aromatic N) is 2. The van der Waals surface area contributed by atoms with Crippen molar-refractivity contribution in [3.05, 3.63) is 72.6 Å². The van der Waals surface area contributed by atoms with Crippen molar-refractivity contribution < 1.29 is 13.5 Å². The number of alkyl halides is 2. The monoisotopic (exact) mass is 302 g/mol. The van der Waals surface area contributed by atoms with Crippen molar-refractivity contribution in [2.45, 2.75) is 13.2 Å². The van der Waals surface area contributed by atoms with Crippen molar-refractivity contribution >= 4 is 5.69 Å². The summed E-state index contributed by atoms with van der Waals surface area (Å²) in [5.74, 6) is 0.751. The molecule has 5 heteroatoms. The first-order valence-electron chi connectivity index (χ1n) is 6.98. The molecular formula is C17H16F2N2O. The molecule has 1 aliphatic heterocycles. The highest BCUT2D eigenvalue weighted by molar-refractivity contribution is 5.52. The second-order valence-corrected chi connectivity index (χ2v) is 4.97. The van der Waals surface area contributed by atoms with Gasteiger partial charge in [-0.1, -0.05) is 30.3 Å². The summed E-state index contributed by atoms with van der Waals surface area (Å²) < 4.78 is 30.9. The average molecular weight is 302 g/mol. The lowest BCUT2D eigenvalue weighted by Gasteiger charge is -2.20. The molecule has 1 heterocycles. The Morgan fingerprint density at radius 2 is 1.68 bits per heavy atom. The molecule has 0 spiro atoms. The van der Waals surface area contributed by atoms with Crippen LogP contribution in [0.1, 0.15) is 5.56 Å². The summed E-state index contributed by atoms with van der Waals surface area (Å²) >= 11 is 0. The minimum Gasteiger partial charge on any atom is -0.489 e. The minimum atomic E-state index is -2.48. The van der Waals surface area contributed by atoms with E-state index in [1.807, 2.05) is 54.6 Å². The van der Waals surface area contributed by atoms with Crippen LogP contribution in [0.25, 0.3) is 0 Å². The number of hydrogen-bond acceptors (Lipinski definition) is 3. The fourth-order valence-electron chi connectivity index (χ4n) is 2.21. The quantitative estimate of drug-likeness (QED) is 0.775. The van der Waals surface area contributed by atoms with E-state index in [0.717, 1.165) is 21.9 Å². The first-order chi connectivity index (χ1) is 10.7. The highest BCUT2D eigenvalue weighted by Crippen LogP contribution is 2.24. The van der Waals surface area contributed by atoms with Crippen LogP contribution in [0.4, 0.5) is 14.5 Å². The van der Waals surface area contributed by atoms with E-state index < -0.39 is 6.55 Å². The molecule has 2 aromatic carbocycles. The van der Waals surface area contributed by atoms with Crippen LogP contribution in [0, 0.1) is 0 Å². The Morgan fingerprint density at radius 1 is 0.955 bits per heavy atom. The van der Waals surface area contributed by atoms with Crippen molar-refractivity contribution in [1.29, 1.82) is 0 Å². The molecule has 0 aliphatic carbocycles. The molecule has 0 saturated carbocycles. The van der Waals surface area contributed by atoms with Gasteiger partial charge in [-0.25, -0.2) is 0 Å². The molecule has 0 radical (unpaired) electrons. The second kappa shape index (κ2) is 6.47. The average Bonchev–Trinajstić information content (AvgIpc) is 3.05. The molecule has 0 atom stereocenters. The van der Waals surface area contributed by atoms with Gasteiger partial charge in [0.1, 0.15) is 12.4 Å². The summed E-state index contributed by atoms with van der Waals surface area (Å²) in [5.41, 5.74) is 1.95. The van der Waals surface area contributed by atoms with Gasteiger partial charge in [0.25, 0.3) is 0 Å². The van der Waals surface area contributed by atoms with Crippen molar-refractivity contribution in [2.24, 2.45) is 0 Å². The maximum atomic E-state index is 12.6. The Morgan fingerprint density at radius 3 is 2.32 bits per heavy atom. The first kappa shape index (κ1) is 14.4. The molecule has 22 heavy (non-hydrogen) atoms. The number of rotatable bonds is 5. The molecule has 0 bridgehead atoms. The lowest BCUT2D eigenvalue weighted by molar-refractivity contribution is 0.0124. The van der Waals surface area contributed by atoms with Crippen molar-refractivity contribution in [2.75, 3.05) is 11.6 Å². The van der Waals surface area contributed by atoms with Gasteiger partial charge in [-0.05, 0) is 29.8 Å². The zero-order valence-electron chi connectivity index (χ0n) is 11.9. The molecule has 3 nitrogen and oxygen atoms in total. The summed E-state index contributed by atoms with van der Waals surface area (Å²) in [6, 6.07) is 17.3. The van der Waals surface area contributed by atoms with Crippen LogP contribution < -0.4 is 9.64 Å². The Bertz CT molecular complexity index is 629. The Balaban J connectivity index is 1.58. The van der Waals surface area contributed by atoms with Crippen LogP contribution in [0.15, 0.2) is 67.0 Å². The van der Waals surface area contributed by atoms with Crippen LogP contribution in [0.3, 0.4) is 0 Å². The third kappa shape index (κ3) is 3.36. The van der Waals surface area contributed by atoms with Gasteiger partial charge >= 0.3 is 6.55 Å². The van der Waals surface area contributed by atoms with Gasteiger partial charge in [0.2, 0.25) is 0 Å². The van der Waals surface area contributed by atoms with Gasteiger partial charge in [0, 0.05) is 18.1 Å². The molecule has 0 saturated heterocycles. The van der Waals surface area contributed by atoms with Crippen LogP contribution in [-0.2, 0) is 6.61 Å². The van der Waals surface area contributed by atoms with Crippen molar-refractivity contribution in [3.63, 3.8) is 0 Å². The molecule has 2 aromatic rings. The number of hydrogen-bond donors (Lipinski definition) is 0. The van der Waals surface area contributed by atoms with E-state index in [9.17, 15) is 8.78 Å². The summed E-state index contributed by atoms with van der Waals surface area (Å²) in [7, 11) is 0. The molecule has 0 fully saturated rings. The Labute approximate surface area is 128 Å². The van der Waals surface area contributed by atoms with Crippen molar-refractivity contribution in [3.8, 4) is 5.75 Å². The number of ether oxygens (including phenoxy) is 1. The maximum Gasteiger partial charge on any atom is 0.316 e. The Kier molecular flexibility index (Phi) is 4.23. The maximum absolute atomic E-state index is 12.6. The molecular weight excluding hydrogens is 286 g/mol. The highest BCUT2D eigenvalue weighted by Gasteiger charge is 2.20. The topological polar surface area (TPSA) is 15.7 Å². The SMILES string of the molecule is FC(F)N1C=CN(c2ccc(OCc3ccccc3)cc2)C1. The van der Waals surface area contributed by atoms with Crippen LogP contribution in [0.2, 0.25) is 0 Å². The number of halogens is 2. The highest BCUT2D eigenvalue weighted by atomic mass is 19.3. The molecule has 0 unspecified atom stereocenters. The van der Waals surface area contributed by atoms with E-state index in [0.29, 0.717) is 6.61 Å². The zero-order chi connectivity index (χ0) is 15.4. The van der Waals surface area contributed by atoms with Crippen LogP contribution in [0.5, 0.6) is 5.75 Å². The first-order valence-corrected chi connectivity index (χ1v) is 6.98. The third-order valence-corrected chi connectivity index (χ3v) is 3.42. The lowest BCUT2D eigenvalue weighted by atomic mass is 10.2. The smallest absolute Gasteiger partial charge is 0.316 e. The summed E-state index contributed by atoms with van der Waals surface area (Å²) in [4.78, 5) is 2.73. The van der Waals surface area contributed by atoms with Gasteiger partial charge in [-0.2, -0.15) is 8.78 Å². The Hall–Kier alpha value is -2.56. The molecule has 3 rings (SSSR count). The molecule has 0 amide bonds. The van der Waals surface area contributed by atoms with Gasteiger partial charge < -0.3 is 14.5 Å². The van der Waals surface area contributed by atoms with E-state index >= 15 is 0 Å². The van der Waals surface area contributed by atoms with Gasteiger partial charge in [-0.3, -0.25) is 0 Å². The van der Waals surface area contributed by atoms with Gasteiger partial charge in [0.05, 0.1) is 6.67 Å². The lowest BCUT2D eigenvalue weighted by Crippen LogP contribution is -2.28. The van der Waals surface area contributed by atoms with Gasteiger partial charge in [0.15, 0.2) is 0 Å². The van der Waals surface area contributed by atoms with Crippen molar-refractivity contribution in [1.82, 2.24) is 4.90 Å². The molecule has 0 aromatic heterocycles. The zero-order valence-corrected chi connectivity index (χ0v) is 11.9. The minimum absolute atomic E-state index is 0.155. The van der Waals surface area contributed by atoms with E-state index in [2.05, 4.69) is 0 Å². The molecule has 0 N–H and O–H groups in total. The fraction of sp³-hybridized carbons (Fsp3) is 0.176. The fourth-order valence-corrected chi connectivity index (χ4v) is 2.21. The molecule has 1 aliphatic rings. The third-order valence-electron chi connectivity index (χ3n) is 3.42. The van der Waals surface area contributed by atoms with E-state index in [4.69, 9.17) is 4.74 Å². The summed E-state index contributed by atoms with van der Waals surface area (Å²) in [5, 5.41) is 0. The normalized spacial score (nSPS) is 14.0. The van der Waals surface area contributed by atoms with Crippen LogP contribution >= 0.6 is 0 Å².